The Bertz CT molecular complexity index is 197. The highest BCUT2D eigenvalue weighted by atomic mass is 16.7. The van der Waals surface area contributed by atoms with Gasteiger partial charge in [-0.2, -0.15) is 0 Å². The van der Waals surface area contributed by atoms with Crippen LogP contribution in [-0.2, 0) is 19.0 Å². The maximum Gasteiger partial charge on any atom is 0.508 e. The zero-order valence-corrected chi connectivity index (χ0v) is 7.61. The van der Waals surface area contributed by atoms with E-state index < -0.39 is 12.1 Å². The van der Waals surface area contributed by atoms with Crippen molar-refractivity contribution in [2.45, 2.75) is 6.92 Å². The first-order valence-corrected chi connectivity index (χ1v) is 3.71. The fourth-order valence-corrected chi connectivity index (χ4v) is 0.510. The number of hydrogen-bond acceptors (Lipinski definition) is 5. The Balaban J connectivity index is 3.35. The SMILES string of the molecule is CC=CC(=O)OCCOC(=O)OC. The minimum absolute atomic E-state index is 0.00400. The van der Waals surface area contributed by atoms with Gasteiger partial charge >= 0.3 is 12.1 Å². The zero-order valence-electron chi connectivity index (χ0n) is 7.61. The zero-order chi connectivity index (χ0) is 10.1. The summed E-state index contributed by atoms with van der Waals surface area (Å²) in [7, 11) is 1.20. The molecule has 74 valence electrons. The van der Waals surface area contributed by atoms with E-state index in [1.54, 1.807) is 13.0 Å². The third-order valence-corrected chi connectivity index (χ3v) is 1.02. The summed E-state index contributed by atoms with van der Waals surface area (Å²) in [6.07, 6.45) is 2.05. The summed E-state index contributed by atoms with van der Waals surface area (Å²) in [5, 5.41) is 0. The highest BCUT2D eigenvalue weighted by Crippen LogP contribution is 1.85. The molecule has 0 aliphatic heterocycles. The minimum atomic E-state index is -0.790. The molecule has 0 saturated heterocycles. The van der Waals surface area contributed by atoms with Crippen LogP contribution >= 0.6 is 0 Å². The van der Waals surface area contributed by atoms with Crippen LogP contribution in [0, 0.1) is 0 Å². The van der Waals surface area contributed by atoms with Gasteiger partial charge in [0.15, 0.2) is 0 Å². The van der Waals surface area contributed by atoms with Gasteiger partial charge in [-0.3, -0.25) is 0 Å². The molecule has 5 nitrogen and oxygen atoms in total. The molecule has 0 aromatic heterocycles. The average molecular weight is 188 g/mol. The predicted molar refractivity (Wildman–Crippen MR) is 44.1 cm³/mol. The predicted octanol–water partition coefficient (Wildman–Crippen LogP) is 0.889. The summed E-state index contributed by atoms with van der Waals surface area (Å²) in [5.41, 5.74) is 0. The van der Waals surface area contributed by atoms with E-state index >= 15 is 0 Å². The normalized spacial score (nSPS) is 9.69. The smallest absolute Gasteiger partial charge is 0.459 e. The Kier molecular flexibility index (Phi) is 6.31. The first kappa shape index (κ1) is 11.5. The molecule has 5 heteroatoms. The maximum atomic E-state index is 10.7. The molecule has 0 spiro atoms. The lowest BCUT2D eigenvalue weighted by Crippen LogP contribution is -2.12. The molecule has 0 radical (unpaired) electrons. The van der Waals surface area contributed by atoms with Crippen LogP contribution in [0.5, 0.6) is 0 Å². The summed E-state index contributed by atoms with van der Waals surface area (Å²) in [4.78, 5) is 21.1. The van der Waals surface area contributed by atoms with Crippen molar-refractivity contribution in [3.05, 3.63) is 12.2 Å². The first-order chi connectivity index (χ1) is 6.20. The lowest BCUT2D eigenvalue weighted by Gasteiger charge is -2.02. The Morgan fingerprint density at radius 2 is 1.85 bits per heavy atom. The summed E-state index contributed by atoms with van der Waals surface area (Å²) < 4.78 is 13.3. The van der Waals surface area contributed by atoms with Crippen LogP contribution in [0.3, 0.4) is 0 Å². The number of carbonyl (C=O) groups excluding carboxylic acids is 2. The Hall–Kier alpha value is -1.52. The van der Waals surface area contributed by atoms with Crippen molar-refractivity contribution in [3.63, 3.8) is 0 Å². The molecule has 0 unspecified atom stereocenters. The van der Waals surface area contributed by atoms with Gasteiger partial charge in [-0.15, -0.1) is 0 Å². The van der Waals surface area contributed by atoms with Crippen LogP contribution in [0.1, 0.15) is 6.92 Å². The minimum Gasteiger partial charge on any atom is -0.459 e. The molecule has 0 amide bonds. The molecular formula is C8H12O5. The highest BCUT2D eigenvalue weighted by Gasteiger charge is 2.00. The van der Waals surface area contributed by atoms with Crippen LogP contribution in [0.2, 0.25) is 0 Å². The van der Waals surface area contributed by atoms with Crippen molar-refractivity contribution < 1.29 is 23.8 Å². The van der Waals surface area contributed by atoms with Crippen molar-refractivity contribution >= 4 is 12.1 Å². The van der Waals surface area contributed by atoms with Gasteiger partial charge < -0.3 is 14.2 Å². The molecule has 0 saturated carbocycles. The average Bonchev–Trinajstić information content (AvgIpc) is 2.12. The molecule has 0 rings (SSSR count). The largest absolute Gasteiger partial charge is 0.508 e. The summed E-state index contributed by atoms with van der Waals surface area (Å²) >= 11 is 0. The van der Waals surface area contributed by atoms with Gasteiger partial charge in [0, 0.05) is 6.08 Å². The molecule has 0 fully saturated rings. The Morgan fingerprint density at radius 1 is 1.23 bits per heavy atom. The molecule has 0 aliphatic rings. The number of ether oxygens (including phenoxy) is 3. The van der Waals surface area contributed by atoms with E-state index in [9.17, 15) is 9.59 Å². The van der Waals surface area contributed by atoms with Crippen molar-refractivity contribution in [2.24, 2.45) is 0 Å². The number of carbonyl (C=O) groups is 2. The first-order valence-electron chi connectivity index (χ1n) is 3.71. The number of rotatable bonds is 4. The molecule has 0 aromatic carbocycles. The number of allylic oxidation sites excluding steroid dienone is 1. The second kappa shape index (κ2) is 7.15. The van der Waals surface area contributed by atoms with Gasteiger partial charge in [-0.25, -0.2) is 9.59 Å². The second-order valence-electron chi connectivity index (χ2n) is 1.97. The molecule has 0 bridgehead atoms. The van der Waals surface area contributed by atoms with Gasteiger partial charge in [0.1, 0.15) is 13.2 Å². The van der Waals surface area contributed by atoms with Crippen LogP contribution in [0.4, 0.5) is 4.79 Å². The number of methoxy groups -OCH3 is 1. The van der Waals surface area contributed by atoms with E-state index in [2.05, 4.69) is 14.2 Å². The van der Waals surface area contributed by atoms with E-state index in [0.717, 1.165) is 0 Å². The standard InChI is InChI=1S/C8H12O5/c1-3-4-7(9)12-5-6-13-8(10)11-2/h3-4H,5-6H2,1-2H3. The molecule has 0 N–H and O–H groups in total. The molecule has 0 aliphatic carbocycles. The van der Waals surface area contributed by atoms with Gasteiger partial charge in [-0.05, 0) is 6.92 Å². The summed E-state index contributed by atoms with van der Waals surface area (Å²) in [6, 6.07) is 0. The lowest BCUT2D eigenvalue weighted by molar-refractivity contribution is -0.138. The van der Waals surface area contributed by atoms with Gasteiger partial charge in [0.05, 0.1) is 7.11 Å². The maximum absolute atomic E-state index is 10.7. The van der Waals surface area contributed by atoms with Crippen LogP contribution in [0.15, 0.2) is 12.2 Å². The van der Waals surface area contributed by atoms with E-state index in [4.69, 9.17) is 0 Å². The van der Waals surface area contributed by atoms with Crippen molar-refractivity contribution in [3.8, 4) is 0 Å². The van der Waals surface area contributed by atoms with Gasteiger partial charge in [0.25, 0.3) is 0 Å². The third-order valence-electron chi connectivity index (χ3n) is 1.02. The third kappa shape index (κ3) is 6.86. The van der Waals surface area contributed by atoms with E-state index in [-0.39, 0.29) is 13.2 Å². The van der Waals surface area contributed by atoms with E-state index in [1.807, 2.05) is 0 Å². The summed E-state index contributed by atoms with van der Waals surface area (Å²) in [6.45, 7) is 1.72. The Morgan fingerprint density at radius 3 is 2.38 bits per heavy atom. The van der Waals surface area contributed by atoms with E-state index in [0.29, 0.717) is 0 Å². The molecule has 0 heterocycles. The van der Waals surface area contributed by atoms with Gasteiger partial charge in [0.2, 0.25) is 0 Å². The molecule has 13 heavy (non-hydrogen) atoms. The van der Waals surface area contributed by atoms with Crippen LogP contribution in [0.25, 0.3) is 0 Å². The Labute approximate surface area is 76.3 Å². The quantitative estimate of drug-likeness (QED) is 0.372. The van der Waals surface area contributed by atoms with Crippen molar-refractivity contribution in [1.29, 1.82) is 0 Å². The fraction of sp³-hybridized carbons (Fsp3) is 0.500. The fourth-order valence-electron chi connectivity index (χ4n) is 0.510. The van der Waals surface area contributed by atoms with Crippen molar-refractivity contribution in [1.82, 2.24) is 0 Å². The number of hydrogen-bond donors (Lipinski definition) is 0. The van der Waals surface area contributed by atoms with E-state index in [1.165, 1.54) is 13.2 Å². The molecular weight excluding hydrogens is 176 g/mol. The van der Waals surface area contributed by atoms with Crippen LogP contribution in [-0.4, -0.2) is 32.4 Å². The monoisotopic (exact) mass is 188 g/mol. The molecule has 0 aromatic rings. The topological polar surface area (TPSA) is 61.8 Å². The van der Waals surface area contributed by atoms with Gasteiger partial charge in [-0.1, -0.05) is 6.08 Å². The lowest BCUT2D eigenvalue weighted by atomic mass is 10.5. The van der Waals surface area contributed by atoms with Crippen LogP contribution < -0.4 is 0 Å². The van der Waals surface area contributed by atoms with Crippen molar-refractivity contribution in [2.75, 3.05) is 20.3 Å². The second-order valence-corrected chi connectivity index (χ2v) is 1.97. The highest BCUT2D eigenvalue weighted by molar-refractivity contribution is 5.81. The number of esters is 1. The molecule has 0 atom stereocenters. The summed E-state index contributed by atoms with van der Waals surface area (Å²) in [5.74, 6) is -0.462.